The van der Waals surface area contributed by atoms with Gasteiger partial charge in [-0.05, 0) is 135 Å². The first-order valence-corrected chi connectivity index (χ1v) is 17.6. The van der Waals surface area contributed by atoms with Crippen LogP contribution in [0.3, 0.4) is 0 Å². The molecule has 1 unspecified atom stereocenters. The van der Waals surface area contributed by atoms with Gasteiger partial charge in [0, 0.05) is 0 Å². The van der Waals surface area contributed by atoms with E-state index in [4.69, 9.17) is 4.99 Å². The second kappa shape index (κ2) is 12.6. The Morgan fingerprint density at radius 3 is 2.16 bits per heavy atom. The van der Waals surface area contributed by atoms with Gasteiger partial charge in [0.1, 0.15) is 5.75 Å². The number of fused-ring (bicyclic) bond motifs is 8. The van der Waals surface area contributed by atoms with Crippen molar-refractivity contribution in [2.24, 2.45) is 4.99 Å². The van der Waals surface area contributed by atoms with E-state index >= 15 is 0 Å². The monoisotopic (exact) mass is 647 g/mol. The number of aliphatic imine (C=N–C) groups is 1. The molecule has 5 aromatic carbocycles. The maximum Gasteiger partial charge on any atom is 0.116 e. The van der Waals surface area contributed by atoms with Crippen LogP contribution in [0, 0.1) is 0 Å². The maximum atomic E-state index is 10.4. The number of allylic oxidation sites excluding steroid dienone is 6. The summed E-state index contributed by atoms with van der Waals surface area (Å²) in [5.41, 5.74) is 18.1. The highest BCUT2D eigenvalue weighted by atomic mass is 16.3. The van der Waals surface area contributed by atoms with E-state index in [-0.39, 0.29) is 17.2 Å². The SMILES string of the molecule is C=Cc1ccc(C(C)N=C(/C=C(\C)c2cccc(O)c2)C2=CCCC3=C2Cc2ccccc2C32c3ccccc3-c3ccccc32)cc1C=C. The van der Waals surface area contributed by atoms with Crippen molar-refractivity contribution in [1.82, 2.24) is 0 Å². The van der Waals surface area contributed by atoms with Gasteiger partial charge < -0.3 is 5.11 Å². The van der Waals surface area contributed by atoms with E-state index in [1.165, 1.54) is 50.1 Å². The third-order valence-corrected chi connectivity index (χ3v) is 10.9. The van der Waals surface area contributed by atoms with Crippen LogP contribution in [0.5, 0.6) is 5.75 Å². The Kier molecular flexibility index (Phi) is 7.96. The Morgan fingerprint density at radius 1 is 0.780 bits per heavy atom. The number of nitrogens with zero attached hydrogens (tertiary/aromatic N) is 1. The lowest BCUT2D eigenvalue weighted by Crippen LogP contribution is -2.36. The molecule has 0 saturated heterocycles. The lowest BCUT2D eigenvalue weighted by atomic mass is 9.58. The molecule has 244 valence electrons. The largest absolute Gasteiger partial charge is 0.508 e. The molecule has 5 aromatic rings. The van der Waals surface area contributed by atoms with Gasteiger partial charge in [-0.2, -0.15) is 0 Å². The first-order valence-electron chi connectivity index (χ1n) is 17.6. The van der Waals surface area contributed by atoms with E-state index < -0.39 is 0 Å². The van der Waals surface area contributed by atoms with Crippen molar-refractivity contribution in [2.75, 3.05) is 0 Å². The fourth-order valence-corrected chi connectivity index (χ4v) is 8.64. The average molecular weight is 648 g/mol. The van der Waals surface area contributed by atoms with E-state index in [0.29, 0.717) is 0 Å². The summed E-state index contributed by atoms with van der Waals surface area (Å²) in [6.07, 6.45) is 11.2. The summed E-state index contributed by atoms with van der Waals surface area (Å²) in [5.74, 6) is 0.257. The van der Waals surface area contributed by atoms with Gasteiger partial charge in [-0.3, -0.25) is 4.99 Å². The van der Waals surface area contributed by atoms with Crippen LogP contribution in [-0.2, 0) is 11.8 Å². The van der Waals surface area contributed by atoms with E-state index in [9.17, 15) is 5.11 Å². The van der Waals surface area contributed by atoms with Crippen molar-refractivity contribution in [2.45, 2.75) is 44.6 Å². The van der Waals surface area contributed by atoms with Crippen molar-refractivity contribution in [1.29, 1.82) is 0 Å². The number of aromatic hydroxyl groups is 1. The van der Waals surface area contributed by atoms with Gasteiger partial charge in [0.2, 0.25) is 0 Å². The number of phenols is 1. The summed E-state index contributed by atoms with van der Waals surface area (Å²) in [4.78, 5) is 5.56. The standard InChI is InChI=1S/C48H41NO/c1-5-33-25-26-36(28-34(33)6-2)32(4)49-47(27-31(3)35-16-13-17-38(50)29-35)41-20-14-24-46-42(41)30-37-15-7-10-21-43(37)48(46)44-22-11-8-18-39(44)40-19-9-12-23-45(40)48/h5-13,15-23,25-29,32,50H,1-2,14,24,30H2,3-4H3/b31-27+,49-47?. The van der Waals surface area contributed by atoms with E-state index in [1.807, 2.05) is 24.3 Å². The van der Waals surface area contributed by atoms with Crippen LogP contribution >= 0.6 is 0 Å². The molecule has 2 nitrogen and oxygen atoms in total. The highest BCUT2D eigenvalue weighted by molar-refractivity contribution is 6.15. The minimum absolute atomic E-state index is 0.111. The molecular weight excluding hydrogens is 607 g/mol. The van der Waals surface area contributed by atoms with Crippen LogP contribution in [-0.4, -0.2) is 10.8 Å². The summed E-state index contributed by atoms with van der Waals surface area (Å²) in [6, 6.07) is 41.0. The lowest BCUT2D eigenvalue weighted by molar-refractivity contribution is 0.475. The summed E-state index contributed by atoms with van der Waals surface area (Å²) in [6.45, 7) is 12.3. The Morgan fingerprint density at radius 2 is 1.46 bits per heavy atom. The second-order valence-electron chi connectivity index (χ2n) is 13.7. The summed E-state index contributed by atoms with van der Waals surface area (Å²) in [7, 11) is 0. The topological polar surface area (TPSA) is 32.6 Å². The first kappa shape index (κ1) is 31.5. The molecule has 0 fully saturated rings. The Labute approximate surface area is 295 Å². The van der Waals surface area contributed by atoms with Gasteiger partial charge in [-0.15, -0.1) is 0 Å². The molecular formula is C48H41NO. The molecule has 1 spiro atoms. The molecule has 0 aliphatic heterocycles. The first-order chi connectivity index (χ1) is 24.4. The quantitative estimate of drug-likeness (QED) is 0.175. The molecule has 0 aromatic heterocycles. The maximum absolute atomic E-state index is 10.4. The summed E-state index contributed by atoms with van der Waals surface area (Å²) >= 11 is 0. The number of rotatable bonds is 7. The predicted octanol–water partition coefficient (Wildman–Crippen LogP) is 11.9. The third-order valence-electron chi connectivity index (χ3n) is 10.9. The van der Waals surface area contributed by atoms with Crippen LogP contribution in [0.4, 0.5) is 0 Å². The smallest absolute Gasteiger partial charge is 0.116 e. The molecule has 0 saturated carbocycles. The fraction of sp³-hybridized carbons (Fsp3) is 0.146. The van der Waals surface area contributed by atoms with Crippen LogP contribution in [0.25, 0.3) is 28.9 Å². The number of phenolic OH excluding ortho intramolecular Hbond substituents is 1. The molecule has 3 aliphatic rings. The van der Waals surface area contributed by atoms with Crippen molar-refractivity contribution in [3.63, 3.8) is 0 Å². The minimum Gasteiger partial charge on any atom is -0.508 e. The van der Waals surface area contributed by atoms with Gasteiger partial charge in [0.25, 0.3) is 0 Å². The van der Waals surface area contributed by atoms with Crippen LogP contribution in [0.2, 0.25) is 0 Å². The van der Waals surface area contributed by atoms with Gasteiger partial charge in [-0.25, -0.2) is 0 Å². The van der Waals surface area contributed by atoms with Gasteiger partial charge in [-0.1, -0.05) is 128 Å². The van der Waals surface area contributed by atoms with Gasteiger partial charge in [0.15, 0.2) is 0 Å². The third kappa shape index (κ3) is 4.98. The number of hydrogen-bond acceptors (Lipinski definition) is 2. The molecule has 1 N–H and O–H groups in total. The fourth-order valence-electron chi connectivity index (χ4n) is 8.64. The molecule has 0 amide bonds. The highest BCUT2D eigenvalue weighted by Gasteiger charge is 2.51. The zero-order chi connectivity index (χ0) is 34.4. The Bertz CT molecular complexity index is 2280. The normalized spacial score (nSPS) is 16.6. The molecule has 2 heteroatoms. The molecule has 50 heavy (non-hydrogen) atoms. The molecule has 8 rings (SSSR count). The van der Waals surface area contributed by atoms with E-state index in [0.717, 1.165) is 52.8 Å². The van der Waals surface area contributed by atoms with Crippen molar-refractivity contribution in [3.05, 3.63) is 202 Å². The Hall–Kier alpha value is -5.73. The summed E-state index contributed by atoms with van der Waals surface area (Å²) < 4.78 is 0. The van der Waals surface area contributed by atoms with Crippen LogP contribution in [0.1, 0.15) is 77.2 Å². The van der Waals surface area contributed by atoms with Crippen molar-refractivity contribution in [3.8, 4) is 16.9 Å². The second-order valence-corrected chi connectivity index (χ2v) is 13.7. The van der Waals surface area contributed by atoms with Crippen molar-refractivity contribution < 1.29 is 5.11 Å². The summed E-state index contributed by atoms with van der Waals surface area (Å²) in [5, 5.41) is 10.4. The average Bonchev–Trinajstić information content (AvgIpc) is 3.45. The van der Waals surface area contributed by atoms with Gasteiger partial charge in [0.05, 0.1) is 17.2 Å². The molecule has 0 heterocycles. The number of hydrogen-bond donors (Lipinski definition) is 1. The van der Waals surface area contributed by atoms with Gasteiger partial charge >= 0.3 is 0 Å². The molecule has 3 aliphatic carbocycles. The lowest BCUT2D eigenvalue weighted by Gasteiger charge is -2.44. The predicted molar refractivity (Wildman–Crippen MR) is 210 cm³/mol. The number of benzene rings is 5. The van der Waals surface area contributed by atoms with Crippen molar-refractivity contribution >= 4 is 23.4 Å². The molecule has 0 bridgehead atoms. The molecule has 1 atom stereocenters. The molecule has 0 radical (unpaired) electrons. The van der Waals surface area contributed by atoms with E-state index in [2.05, 4.69) is 136 Å². The highest BCUT2D eigenvalue weighted by Crippen LogP contribution is 2.61. The zero-order valence-electron chi connectivity index (χ0n) is 28.8. The van der Waals surface area contributed by atoms with Crippen LogP contribution in [0.15, 0.2) is 162 Å². The minimum atomic E-state index is -0.364. The zero-order valence-corrected chi connectivity index (χ0v) is 28.8. The van der Waals surface area contributed by atoms with Crippen LogP contribution < -0.4 is 0 Å². The Balaban J connectivity index is 1.36. The van der Waals surface area contributed by atoms with E-state index in [1.54, 1.807) is 6.07 Å².